The summed E-state index contributed by atoms with van der Waals surface area (Å²) in [5, 5.41) is 13.6. The second-order valence-electron chi connectivity index (χ2n) is 3.26. The molecule has 0 aliphatic rings. The Morgan fingerprint density at radius 2 is 2.25 bits per heavy atom. The van der Waals surface area contributed by atoms with Crippen molar-refractivity contribution >= 4 is 34.2 Å². The minimum Gasteiger partial charge on any atom is -0.385 e. The van der Waals surface area contributed by atoms with Crippen molar-refractivity contribution in [3.63, 3.8) is 0 Å². The summed E-state index contributed by atoms with van der Waals surface area (Å²) in [6.45, 7) is 1.58. The zero-order valence-corrected chi connectivity index (χ0v) is 11.2. The Balaban J connectivity index is 2.46. The zero-order chi connectivity index (χ0) is 11.7. The molecule has 16 heavy (non-hydrogen) atoms. The van der Waals surface area contributed by atoms with Gasteiger partial charge in [0, 0.05) is 8.59 Å². The summed E-state index contributed by atoms with van der Waals surface area (Å²) < 4.78 is 6.02. The number of hydrogen-bond acceptors (Lipinski definition) is 4. The van der Waals surface area contributed by atoms with Gasteiger partial charge < -0.3 is 9.63 Å². The number of hydrogen-bond donors (Lipinski definition) is 1. The van der Waals surface area contributed by atoms with Gasteiger partial charge in [0.2, 0.25) is 0 Å². The van der Waals surface area contributed by atoms with Crippen LogP contribution in [0.2, 0.25) is 5.02 Å². The monoisotopic (exact) mass is 350 g/mol. The number of aromatic nitrogens is 2. The van der Waals surface area contributed by atoms with Gasteiger partial charge in [-0.15, -0.1) is 0 Å². The van der Waals surface area contributed by atoms with Gasteiger partial charge in [0.05, 0.1) is 5.56 Å². The van der Waals surface area contributed by atoms with Crippen molar-refractivity contribution in [2.75, 3.05) is 0 Å². The predicted molar refractivity (Wildman–Crippen MR) is 68.1 cm³/mol. The van der Waals surface area contributed by atoms with E-state index in [-0.39, 0.29) is 5.82 Å². The van der Waals surface area contributed by atoms with Gasteiger partial charge in [-0.1, -0.05) is 16.8 Å². The van der Waals surface area contributed by atoms with Gasteiger partial charge in [-0.3, -0.25) is 0 Å². The fraction of sp³-hybridized carbons (Fsp3) is 0.200. The highest BCUT2D eigenvalue weighted by Gasteiger charge is 2.14. The van der Waals surface area contributed by atoms with Crippen LogP contribution in [0.25, 0.3) is 11.5 Å². The molecule has 1 N–H and O–H groups in total. The first kappa shape index (κ1) is 11.8. The minimum absolute atomic E-state index is 0.269. The van der Waals surface area contributed by atoms with Crippen LogP contribution in [0.5, 0.6) is 0 Å². The van der Waals surface area contributed by atoms with E-state index in [4.69, 9.17) is 16.1 Å². The molecule has 84 valence electrons. The molecular formula is C10H8ClIN2O2. The van der Waals surface area contributed by atoms with E-state index in [1.54, 1.807) is 19.1 Å². The lowest BCUT2D eigenvalue weighted by atomic mass is 10.2. The first-order valence-corrected chi connectivity index (χ1v) is 6.00. The van der Waals surface area contributed by atoms with Gasteiger partial charge in [-0.2, -0.15) is 4.98 Å². The highest BCUT2D eigenvalue weighted by atomic mass is 127. The molecular weight excluding hydrogens is 342 g/mol. The van der Waals surface area contributed by atoms with Crippen LogP contribution in [-0.2, 0) is 0 Å². The summed E-state index contributed by atoms with van der Waals surface area (Å²) in [6, 6.07) is 5.41. The average molecular weight is 351 g/mol. The first-order valence-electron chi connectivity index (χ1n) is 4.55. The largest absolute Gasteiger partial charge is 0.385 e. The molecule has 0 fully saturated rings. The number of benzene rings is 1. The fourth-order valence-corrected chi connectivity index (χ4v) is 1.91. The Kier molecular flexibility index (Phi) is 3.46. The van der Waals surface area contributed by atoms with Gasteiger partial charge in [-0.05, 0) is 47.7 Å². The molecule has 0 aliphatic carbocycles. The molecule has 1 atom stereocenters. The van der Waals surface area contributed by atoms with Crippen LogP contribution in [0, 0.1) is 3.57 Å². The van der Waals surface area contributed by atoms with Crippen LogP contribution in [0.15, 0.2) is 22.7 Å². The molecule has 1 aromatic heterocycles. The van der Waals surface area contributed by atoms with Crippen molar-refractivity contribution in [1.82, 2.24) is 10.1 Å². The SMILES string of the molecule is CC(O)c1noc(-c2cc(Cl)ccc2I)n1. The van der Waals surface area contributed by atoms with E-state index in [1.165, 1.54) is 0 Å². The van der Waals surface area contributed by atoms with Gasteiger partial charge in [-0.25, -0.2) is 0 Å². The smallest absolute Gasteiger partial charge is 0.259 e. The number of rotatable bonds is 2. The molecule has 6 heteroatoms. The number of aliphatic hydroxyl groups excluding tert-OH is 1. The van der Waals surface area contributed by atoms with E-state index >= 15 is 0 Å². The van der Waals surface area contributed by atoms with E-state index in [9.17, 15) is 5.11 Å². The van der Waals surface area contributed by atoms with E-state index in [0.717, 1.165) is 9.13 Å². The van der Waals surface area contributed by atoms with E-state index < -0.39 is 6.10 Å². The van der Waals surface area contributed by atoms with Crippen molar-refractivity contribution in [2.24, 2.45) is 0 Å². The molecule has 1 unspecified atom stereocenters. The molecule has 0 radical (unpaired) electrons. The summed E-state index contributed by atoms with van der Waals surface area (Å²) >= 11 is 8.05. The number of aliphatic hydroxyl groups is 1. The molecule has 2 rings (SSSR count). The number of nitrogens with zero attached hydrogens (tertiary/aromatic N) is 2. The second-order valence-corrected chi connectivity index (χ2v) is 4.86. The van der Waals surface area contributed by atoms with Crippen LogP contribution in [0.1, 0.15) is 18.9 Å². The third kappa shape index (κ3) is 2.36. The fourth-order valence-electron chi connectivity index (χ4n) is 1.18. The molecule has 0 saturated heterocycles. The van der Waals surface area contributed by atoms with E-state index in [0.29, 0.717) is 10.9 Å². The lowest BCUT2D eigenvalue weighted by Crippen LogP contribution is -1.93. The Hall–Kier alpha value is -0.660. The van der Waals surface area contributed by atoms with Crippen LogP contribution in [0.3, 0.4) is 0 Å². The lowest BCUT2D eigenvalue weighted by Gasteiger charge is -1.99. The molecule has 0 amide bonds. The van der Waals surface area contributed by atoms with Gasteiger partial charge in [0.15, 0.2) is 5.82 Å². The normalized spacial score (nSPS) is 12.8. The average Bonchev–Trinajstić information content (AvgIpc) is 2.70. The molecule has 1 heterocycles. The third-order valence-electron chi connectivity index (χ3n) is 1.97. The van der Waals surface area contributed by atoms with Crippen LogP contribution in [0.4, 0.5) is 0 Å². The topological polar surface area (TPSA) is 59.2 Å². The highest BCUT2D eigenvalue weighted by Crippen LogP contribution is 2.27. The van der Waals surface area contributed by atoms with E-state index in [1.807, 2.05) is 6.07 Å². The Labute approximate surface area is 111 Å². The summed E-state index contributed by atoms with van der Waals surface area (Å²) in [5.41, 5.74) is 0.771. The van der Waals surface area contributed by atoms with Crippen LogP contribution < -0.4 is 0 Å². The van der Waals surface area contributed by atoms with Crippen molar-refractivity contribution in [3.05, 3.63) is 32.6 Å². The van der Waals surface area contributed by atoms with Gasteiger partial charge >= 0.3 is 0 Å². The second kappa shape index (κ2) is 4.68. The summed E-state index contributed by atoms with van der Waals surface area (Å²) in [4.78, 5) is 4.09. The van der Waals surface area contributed by atoms with Gasteiger partial charge in [0.25, 0.3) is 5.89 Å². The molecule has 2 aromatic rings. The van der Waals surface area contributed by atoms with Crippen molar-refractivity contribution in [2.45, 2.75) is 13.0 Å². The zero-order valence-electron chi connectivity index (χ0n) is 8.32. The van der Waals surface area contributed by atoms with Crippen LogP contribution >= 0.6 is 34.2 Å². The lowest BCUT2D eigenvalue weighted by molar-refractivity contribution is 0.184. The first-order chi connectivity index (χ1) is 7.58. The maximum atomic E-state index is 9.29. The summed E-state index contributed by atoms with van der Waals surface area (Å²) in [6.07, 6.45) is -0.741. The van der Waals surface area contributed by atoms with Crippen molar-refractivity contribution < 1.29 is 9.63 Å². The maximum Gasteiger partial charge on any atom is 0.259 e. The van der Waals surface area contributed by atoms with E-state index in [2.05, 4.69) is 32.7 Å². The molecule has 0 saturated carbocycles. The quantitative estimate of drug-likeness (QED) is 0.846. The molecule has 0 aliphatic heterocycles. The Morgan fingerprint density at radius 3 is 2.88 bits per heavy atom. The maximum absolute atomic E-state index is 9.29. The van der Waals surface area contributed by atoms with Crippen molar-refractivity contribution in [1.29, 1.82) is 0 Å². The summed E-state index contributed by atoms with van der Waals surface area (Å²) in [7, 11) is 0. The summed E-state index contributed by atoms with van der Waals surface area (Å²) in [5.74, 6) is 0.633. The van der Waals surface area contributed by atoms with Gasteiger partial charge in [0.1, 0.15) is 6.10 Å². The minimum atomic E-state index is -0.741. The third-order valence-corrected chi connectivity index (χ3v) is 3.15. The number of halogens is 2. The van der Waals surface area contributed by atoms with Crippen LogP contribution in [-0.4, -0.2) is 15.2 Å². The molecule has 0 bridgehead atoms. The molecule has 4 nitrogen and oxygen atoms in total. The Morgan fingerprint density at radius 1 is 1.50 bits per heavy atom. The predicted octanol–water partition coefficient (Wildman–Crippen LogP) is 3.05. The molecule has 0 spiro atoms. The highest BCUT2D eigenvalue weighted by molar-refractivity contribution is 14.1. The molecule has 1 aromatic carbocycles. The Bertz CT molecular complexity index is 513. The standard InChI is InChI=1S/C10H8ClIN2O2/c1-5(15)9-13-10(16-14-9)7-4-6(11)2-3-8(7)12/h2-5,15H,1H3. The van der Waals surface area contributed by atoms with Crippen molar-refractivity contribution in [3.8, 4) is 11.5 Å².